The molecule has 0 aromatic heterocycles. The lowest BCUT2D eigenvalue weighted by Crippen LogP contribution is -2.39. The van der Waals surface area contributed by atoms with E-state index < -0.39 is 12.1 Å². The number of urea groups is 1. The number of imide groups is 1. The summed E-state index contributed by atoms with van der Waals surface area (Å²) in [6, 6.07) is 7.03. The minimum Gasteiger partial charge on any atom is -0.496 e. The number of carbonyl (C=O) groups excluding carboxylic acids is 2. The molecule has 3 amide bonds. The van der Waals surface area contributed by atoms with Crippen LogP contribution in [0.3, 0.4) is 0 Å². The van der Waals surface area contributed by atoms with Crippen LogP contribution in [-0.4, -0.2) is 66.8 Å². The predicted octanol–water partition coefficient (Wildman–Crippen LogP) is 0.467. The molecule has 0 bridgehead atoms. The van der Waals surface area contributed by atoms with Crippen molar-refractivity contribution in [1.29, 1.82) is 0 Å². The van der Waals surface area contributed by atoms with Crippen LogP contribution in [-0.2, 0) is 16.1 Å². The maximum atomic E-state index is 11.7. The van der Waals surface area contributed by atoms with Gasteiger partial charge in [0.2, 0.25) is 5.91 Å². The number of benzene rings is 1. The molecular weight excluding hydrogens is 288 g/mol. The molecule has 1 aliphatic rings. The van der Waals surface area contributed by atoms with E-state index in [1.807, 2.05) is 24.3 Å². The predicted molar refractivity (Wildman–Crippen MR) is 78.4 cm³/mol. The summed E-state index contributed by atoms with van der Waals surface area (Å²) >= 11 is 0. The molecule has 1 atom stereocenters. The molecule has 0 radical (unpaired) electrons. The average molecular weight is 308 g/mol. The van der Waals surface area contributed by atoms with Gasteiger partial charge in [-0.2, -0.15) is 0 Å². The molecule has 1 saturated heterocycles. The highest BCUT2D eigenvalue weighted by atomic mass is 16.5. The second kappa shape index (κ2) is 7.24. The molecular formula is C15H20N2O5. The first kappa shape index (κ1) is 16.3. The van der Waals surface area contributed by atoms with E-state index in [1.165, 1.54) is 4.90 Å². The van der Waals surface area contributed by atoms with Gasteiger partial charge in [-0.1, -0.05) is 18.2 Å². The number of rotatable bonds is 7. The van der Waals surface area contributed by atoms with Gasteiger partial charge in [-0.05, 0) is 6.07 Å². The second-order valence-electron chi connectivity index (χ2n) is 5.12. The number of amides is 3. The van der Waals surface area contributed by atoms with Crippen molar-refractivity contribution in [2.24, 2.45) is 0 Å². The van der Waals surface area contributed by atoms with Crippen LogP contribution in [0.2, 0.25) is 0 Å². The molecule has 1 heterocycles. The lowest BCUT2D eigenvalue weighted by Gasteiger charge is -2.18. The number of hydrogen-bond acceptors (Lipinski definition) is 5. The van der Waals surface area contributed by atoms with Crippen molar-refractivity contribution in [2.75, 3.05) is 33.9 Å². The Balaban J connectivity index is 1.80. The molecule has 1 aliphatic heterocycles. The molecule has 7 heteroatoms. The summed E-state index contributed by atoms with van der Waals surface area (Å²) in [4.78, 5) is 25.6. The molecule has 120 valence electrons. The van der Waals surface area contributed by atoms with Gasteiger partial charge < -0.3 is 19.5 Å². The van der Waals surface area contributed by atoms with Gasteiger partial charge in [-0.25, -0.2) is 4.79 Å². The first-order chi connectivity index (χ1) is 10.5. The molecule has 2 rings (SSSR count). The molecule has 0 unspecified atom stereocenters. The highest BCUT2D eigenvalue weighted by Crippen LogP contribution is 2.18. The third-order valence-corrected chi connectivity index (χ3v) is 3.38. The molecule has 0 spiro atoms. The fourth-order valence-electron chi connectivity index (χ4n) is 2.24. The van der Waals surface area contributed by atoms with Crippen molar-refractivity contribution in [3.05, 3.63) is 29.8 Å². The summed E-state index contributed by atoms with van der Waals surface area (Å²) in [7, 11) is 3.12. The van der Waals surface area contributed by atoms with Gasteiger partial charge in [-0.3, -0.25) is 9.69 Å². The summed E-state index contributed by atoms with van der Waals surface area (Å²) in [5.41, 5.74) is 0.866. The van der Waals surface area contributed by atoms with E-state index in [2.05, 4.69) is 0 Å². The number of ether oxygens (including phenoxy) is 2. The van der Waals surface area contributed by atoms with E-state index in [4.69, 9.17) is 9.47 Å². The number of para-hydroxylation sites is 1. The molecule has 22 heavy (non-hydrogen) atoms. The maximum absolute atomic E-state index is 11.7. The smallest absolute Gasteiger partial charge is 0.327 e. The number of nitrogens with zero attached hydrogens (tertiary/aromatic N) is 2. The van der Waals surface area contributed by atoms with Crippen LogP contribution in [0.1, 0.15) is 5.56 Å². The van der Waals surface area contributed by atoms with Crippen LogP contribution in [0.25, 0.3) is 0 Å². The van der Waals surface area contributed by atoms with Gasteiger partial charge in [0, 0.05) is 12.6 Å². The van der Waals surface area contributed by atoms with Gasteiger partial charge in [0.15, 0.2) is 0 Å². The molecule has 1 aromatic rings. The normalized spacial score (nSPS) is 16.3. The Labute approximate surface area is 129 Å². The number of methoxy groups -OCH3 is 1. The van der Waals surface area contributed by atoms with E-state index >= 15 is 0 Å². The zero-order valence-corrected chi connectivity index (χ0v) is 12.7. The van der Waals surface area contributed by atoms with Crippen molar-refractivity contribution >= 4 is 11.9 Å². The Kier molecular flexibility index (Phi) is 5.35. The number of aliphatic hydroxyl groups excluding tert-OH is 1. The largest absolute Gasteiger partial charge is 0.496 e. The number of β-amino-alcohol motifs (C(OH)–C–C–N with tert-alkyl or cyclic N) is 1. The Morgan fingerprint density at radius 3 is 2.68 bits per heavy atom. The fraction of sp³-hybridized carbons (Fsp3) is 0.467. The van der Waals surface area contributed by atoms with Crippen molar-refractivity contribution in [2.45, 2.75) is 12.7 Å². The van der Waals surface area contributed by atoms with Crippen LogP contribution in [0.4, 0.5) is 4.79 Å². The second-order valence-corrected chi connectivity index (χ2v) is 5.12. The topological polar surface area (TPSA) is 79.3 Å². The van der Waals surface area contributed by atoms with E-state index in [9.17, 15) is 14.7 Å². The quantitative estimate of drug-likeness (QED) is 0.741. The third kappa shape index (κ3) is 3.75. The first-order valence-electron chi connectivity index (χ1n) is 6.96. The van der Waals surface area contributed by atoms with Crippen LogP contribution in [0.15, 0.2) is 24.3 Å². The Morgan fingerprint density at radius 2 is 2.05 bits per heavy atom. The average Bonchev–Trinajstić information content (AvgIpc) is 2.74. The lowest BCUT2D eigenvalue weighted by molar-refractivity contribution is -0.126. The Hall–Kier alpha value is -2.12. The van der Waals surface area contributed by atoms with Crippen molar-refractivity contribution in [3.63, 3.8) is 0 Å². The van der Waals surface area contributed by atoms with Crippen LogP contribution >= 0.6 is 0 Å². The van der Waals surface area contributed by atoms with Gasteiger partial charge in [0.25, 0.3) is 0 Å². The summed E-state index contributed by atoms with van der Waals surface area (Å²) in [5, 5.41) is 9.92. The summed E-state index contributed by atoms with van der Waals surface area (Å²) in [6.45, 7) is 0.295. The molecule has 1 N–H and O–H groups in total. The van der Waals surface area contributed by atoms with Crippen LogP contribution in [0.5, 0.6) is 5.75 Å². The SMILES string of the molecule is COc1ccccc1COC[C@@H](O)CN1C(=O)CN(C)C1=O. The van der Waals surface area contributed by atoms with Crippen molar-refractivity contribution in [1.82, 2.24) is 9.80 Å². The summed E-state index contributed by atoms with van der Waals surface area (Å²) < 4.78 is 10.6. The van der Waals surface area contributed by atoms with E-state index in [1.54, 1.807) is 14.2 Å². The minimum absolute atomic E-state index is 0.0266. The highest BCUT2D eigenvalue weighted by molar-refractivity contribution is 6.01. The van der Waals surface area contributed by atoms with Gasteiger partial charge >= 0.3 is 6.03 Å². The van der Waals surface area contributed by atoms with E-state index in [0.29, 0.717) is 5.75 Å². The fourth-order valence-corrected chi connectivity index (χ4v) is 2.24. The zero-order valence-electron chi connectivity index (χ0n) is 12.7. The third-order valence-electron chi connectivity index (χ3n) is 3.38. The molecule has 1 aromatic carbocycles. The van der Waals surface area contributed by atoms with E-state index in [-0.39, 0.29) is 32.2 Å². The highest BCUT2D eigenvalue weighted by Gasteiger charge is 2.34. The van der Waals surface area contributed by atoms with Gasteiger partial charge in [0.1, 0.15) is 12.3 Å². The lowest BCUT2D eigenvalue weighted by atomic mass is 10.2. The van der Waals surface area contributed by atoms with Crippen molar-refractivity contribution < 1.29 is 24.2 Å². The standard InChI is InChI=1S/C15H20N2O5/c1-16-8-14(19)17(15(16)20)7-12(18)10-22-9-11-5-3-4-6-13(11)21-2/h3-6,12,18H,7-10H2,1-2H3/t12-/m0/s1. The van der Waals surface area contributed by atoms with E-state index in [0.717, 1.165) is 10.5 Å². The molecule has 7 nitrogen and oxygen atoms in total. The summed E-state index contributed by atoms with van der Waals surface area (Å²) in [5.74, 6) is 0.403. The van der Waals surface area contributed by atoms with Crippen LogP contribution < -0.4 is 4.74 Å². The minimum atomic E-state index is -0.922. The maximum Gasteiger partial charge on any atom is 0.327 e. The molecule has 0 aliphatic carbocycles. The summed E-state index contributed by atoms with van der Waals surface area (Å²) in [6.07, 6.45) is -0.922. The number of hydrogen-bond donors (Lipinski definition) is 1. The number of carbonyl (C=O) groups is 2. The molecule has 0 saturated carbocycles. The van der Waals surface area contributed by atoms with Crippen LogP contribution in [0, 0.1) is 0 Å². The Bertz CT molecular complexity index is 548. The van der Waals surface area contributed by atoms with Gasteiger partial charge in [-0.15, -0.1) is 0 Å². The Morgan fingerprint density at radius 1 is 1.32 bits per heavy atom. The molecule has 1 fully saturated rings. The number of aliphatic hydroxyl groups is 1. The van der Waals surface area contributed by atoms with Crippen molar-refractivity contribution in [3.8, 4) is 5.75 Å². The monoisotopic (exact) mass is 308 g/mol. The van der Waals surface area contributed by atoms with Gasteiger partial charge in [0.05, 0.1) is 33.0 Å². The first-order valence-corrected chi connectivity index (χ1v) is 6.96. The number of likely N-dealkylation sites (N-methyl/N-ethyl adjacent to an activating group) is 1. The zero-order chi connectivity index (χ0) is 16.1.